The van der Waals surface area contributed by atoms with Crippen LogP contribution in [0, 0.1) is 0 Å². The zero-order valence-electron chi connectivity index (χ0n) is 9.38. The van der Waals surface area contributed by atoms with Gasteiger partial charge in [-0.25, -0.2) is 0 Å². The van der Waals surface area contributed by atoms with Crippen molar-refractivity contribution in [2.75, 3.05) is 13.2 Å². The number of benzene rings is 1. The van der Waals surface area contributed by atoms with E-state index >= 15 is 0 Å². The number of amides is 2. The highest BCUT2D eigenvalue weighted by Gasteiger charge is 2.25. The second kappa shape index (κ2) is 5.70. The van der Waals surface area contributed by atoms with Crippen molar-refractivity contribution < 1.29 is 19.4 Å². The molecule has 2 N–H and O–H groups in total. The molecule has 1 saturated heterocycles. The number of carbonyl (C=O) groups excluding carboxylic acids is 2. The molecule has 0 radical (unpaired) electrons. The molecule has 5 nitrogen and oxygen atoms in total. The predicted molar refractivity (Wildman–Crippen MR) is 68.1 cm³/mol. The fraction of sp³-hybridized carbons (Fsp3) is 0.167. The number of hydrogen-bond acceptors (Lipinski definition) is 5. The molecular formula is C12H11NO4S. The largest absolute Gasteiger partial charge is 0.491 e. The minimum atomic E-state index is -0.401. The van der Waals surface area contributed by atoms with E-state index in [1.54, 1.807) is 30.3 Å². The van der Waals surface area contributed by atoms with Gasteiger partial charge in [0.2, 0.25) is 0 Å². The molecule has 1 aliphatic heterocycles. The van der Waals surface area contributed by atoms with E-state index < -0.39 is 5.91 Å². The summed E-state index contributed by atoms with van der Waals surface area (Å²) in [4.78, 5) is 22.8. The SMILES string of the molecule is O=C1NC(=O)/C(=C/c2ccccc2OCCO)S1. The van der Waals surface area contributed by atoms with Gasteiger partial charge in [-0.1, -0.05) is 18.2 Å². The number of rotatable bonds is 4. The fourth-order valence-corrected chi connectivity index (χ4v) is 2.12. The molecule has 1 aromatic rings. The molecular weight excluding hydrogens is 254 g/mol. The lowest BCUT2D eigenvalue weighted by atomic mass is 10.2. The van der Waals surface area contributed by atoms with Crippen LogP contribution >= 0.6 is 11.8 Å². The molecule has 0 unspecified atom stereocenters. The fourth-order valence-electron chi connectivity index (χ4n) is 1.45. The number of nitrogens with one attached hydrogen (secondary N) is 1. The summed E-state index contributed by atoms with van der Waals surface area (Å²) in [6, 6.07) is 7.11. The van der Waals surface area contributed by atoms with Crippen LogP contribution in [0.3, 0.4) is 0 Å². The van der Waals surface area contributed by atoms with Crippen LogP contribution in [0.25, 0.3) is 6.08 Å². The van der Waals surface area contributed by atoms with Crippen LogP contribution in [-0.4, -0.2) is 29.5 Å². The van der Waals surface area contributed by atoms with Crippen molar-refractivity contribution in [1.29, 1.82) is 0 Å². The highest BCUT2D eigenvalue weighted by molar-refractivity contribution is 8.18. The maximum Gasteiger partial charge on any atom is 0.290 e. The third-order valence-corrected chi connectivity index (χ3v) is 3.01. The van der Waals surface area contributed by atoms with Crippen molar-refractivity contribution in [3.05, 3.63) is 34.7 Å². The van der Waals surface area contributed by atoms with Crippen LogP contribution in [0.1, 0.15) is 5.56 Å². The first-order valence-electron chi connectivity index (χ1n) is 5.28. The first kappa shape index (κ1) is 12.7. The average molecular weight is 265 g/mol. The van der Waals surface area contributed by atoms with Gasteiger partial charge in [0.15, 0.2) is 0 Å². The van der Waals surface area contributed by atoms with Crippen LogP contribution in [0.2, 0.25) is 0 Å². The van der Waals surface area contributed by atoms with Gasteiger partial charge < -0.3 is 9.84 Å². The molecule has 2 amide bonds. The van der Waals surface area contributed by atoms with Gasteiger partial charge in [0.1, 0.15) is 12.4 Å². The Bertz CT molecular complexity index is 513. The van der Waals surface area contributed by atoms with E-state index in [9.17, 15) is 9.59 Å². The number of para-hydroxylation sites is 1. The van der Waals surface area contributed by atoms with Gasteiger partial charge in [0.05, 0.1) is 11.5 Å². The van der Waals surface area contributed by atoms with E-state index in [1.165, 1.54) is 0 Å². The smallest absolute Gasteiger partial charge is 0.290 e. The van der Waals surface area contributed by atoms with Crippen LogP contribution in [0.4, 0.5) is 4.79 Å². The summed E-state index contributed by atoms with van der Waals surface area (Å²) in [5.41, 5.74) is 0.693. The maximum absolute atomic E-state index is 11.4. The van der Waals surface area contributed by atoms with Gasteiger partial charge in [-0.2, -0.15) is 0 Å². The van der Waals surface area contributed by atoms with Crippen LogP contribution < -0.4 is 10.1 Å². The Labute approximate surface area is 108 Å². The lowest BCUT2D eigenvalue weighted by Crippen LogP contribution is -2.17. The molecule has 1 aliphatic rings. The second-order valence-electron chi connectivity index (χ2n) is 3.46. The number of aliphatic hydroxyl groups excluding tert-OH is 1. The van der Waals surface area contributed by atoms with Gasteiger partial charge in [0.25, 0.3) is 11.1 Å². The van der Waals surface area contributed by atoms with Crippen molar-refractivity contribution >= 4 is 29.0 Å². The van der Waals surface area contributed by atoms with E-state index in [2.05, 4.69) is 5.32 Å². The first-order valence-corrected chi connectivity index (χ1v) is 6.10. The number of aliphatic hydroxyl groups is 1. The highest BCUT2D eigenvalue weighted by Crippen LogP contribution is 2.28. The molecule has 1 heterocycles. The van der Waals surface area contributed by atoms with Crippen LogP contribution in [0.5, 0.6) is 5.75 Å². The molecule has 0 aromatic heterocycles. The Kier molecular flexibility index (Phi) is 4.01. The lowest BCUT2D eigenvalue weighted by Gasteiger charge is -2.07. The van der Waals surface area contributed by atoms with E-state index in [0.717, 1.165) is 11.8 Å². The third kappa shape index (κ3) is 2.91. The van der Waals surface area contributed by atoms with Gasteiger partial charge in [-0.05, 0) is 23.9 Å². The summed E-state index contributed by atoms with van der Waals surface area (Å²) in [6.07, 6.45) is 1.59. The van der Waals surface area contributed by atoms with Gasteiger partial charge in [0, 0.05) is 5.56 Å². The summed E-state index contributed by atoms with van der Waals surface area (Å²) in [5.74, 6) is 0.161. The zero-order valence-corrected chi connectivity index (χ0v) is 10.2. The van der Waals surface area contributed by atoms with Crippen molar-refractivity contribution in [2.24, 2.45) is 0 Å². The molecule has 2 rings (SSSR count). The zero-order chi connectivity index (χ0) is 13.0. The molecule has 94 valence electrons. The summed E-state index contributed by atoms with van der Waals surface area (Å²) in [5, 5.41) is 10.5. The topological polar surface area (TPSA) is 75.6 Å². The van der Waals surface area contributed by atoms with E-state index in [-0.39, 0.29) is 18.5 Å². The lowest BCUT2D eigenvalue weighted by molar-refractivity contribution is -0.115. The molecule has 0 atom stereocenters. The number of hydrogen-bond donors (Lipinski definition) is 2. The number of imide groups is 1. The van der Waals surface area contributed by atoms with E-state index in [1.807, 2.05) is 0 Å². The normalized spacial score (nSPS) is 17.1. The number of thioether (sulfide) groups is 1. The Hall–Kier alpha value is -1.79. The van der Waals surface area contributed by atoms with Crippen molar-refractivity contribution in [2.45, 2.75) is 0 Å². The molecule has 0 spiro atoms. The molecule has 0 aliphatic carbocycles. The molecule has 6 heteroatoms. The van der Waals surface area contributed by atoms with Crippen molar-refractivity contribution in [3.63, 3.8) is 0 Å². The summed E-state index contributed by atoms with van der Waals surface area (Å²) in [7, 11) is 0. The summed E-state index contributed by atoms with van der Waals surface area (Å²) in [6.45, 7) is 0.0943. The average Bonchev–Trinajstić information content (AvgIpc) is 2.67. The minimum absolute atomic E-state index is 0.0847. The Morgan fingerprint density at radius 3 is 2.78 bits per heavy atom. The minimum Gasteiger partial charge on any atom is -0.491 e. The Morgan fingerprint density at radius 2 is 2.11 bits per heavy atom. The molecule has 0 saturated carbocycles. The van der Waals surface area contributed by atoms with E-state index in [4.69, 9.17) is 9.84 Å². The second-order valence-corrected chi connectivity index (χ2v) is 4.48. The molecule has 0 bridgehead atoms. The highest BCUT2D eigenvalue weighted by atomic mass is 32.2. The standard InChI is InChI=1S/C12H11NO4S/c14-5-6-17-9-4-2-1-3-8(9)7-10-11(15)13-12(16)18-10/h1-4,7,14H,5-6H2,(H,13,15,16)/b10-7-. The maximum atomic E-state index is 11.4. The predicted octanol–water partition coefficient (Wildman–Crippen LogP) is 1.38. The van der Waals surface area contributed by atoms with E-state index in [0.29, 0.717) is 16.2 Å². The van der Waals surface area contributed by atoms with Crippen LogP contribution in [-0.2, 0) is 4.79 Å². The van der Waals surface area contributed by atoms with Crippen molar-refractivity contribution in [3.8, 4) is 5.75 Å². The number of ether oxygens (including phenoxy) is 1. The van der Waals surface area contributed by atoms with Crippen molar-refractivity contribution in [1.82, 2.24) is 5.32 Å². The Balaban J connectivity index is 2.25. The van der Waals surface area contributed by atoms with Crippen LogP contribution in [0.15, 0.2) is 29.2 Å². The third-order valence-electron chi connectivity index (χ3n) is 2.20. The monoisotopic (exact) mass is 265 g/mol. The summed E-state index contributed by atoms with van der Waals surface area (Å²) >= 11 is 0.858. The quantitative estimate of drug-likeness (QED) is 0.804. The van der Waals surface area contributed by atoms with Gasteiger partial charge in [-0.15, -0.1) is 0 Å². The summed E-state index contributed by atoms with van der Waals surface area (Å²) < 4.78 is 5.34. The molecule has 1 fully saturated rings. The van der Waals surface area contributed by atoms with Gasteiger partial charge >= 0.3 is 0 Å². The number of carbonyl (C=O) groups is 2. The Morgan fingerprint density at radius 1 is 1.33 bits per heavy atom. The first-order chi connectivity index (χ1) is 8.70. The van der Waals surface area contributed by atoms with Gasteiger partial charge in [-0.3, -0.25) is 14.9 Å². The molecule has 18 heavy (non-hydrogen) atoms. The molecule has 1 aromatic carbocycles.